The number of aliphatic hydroxyl groups is 1. The molecule has 3 aromatic rings. The van der Waals surface area contributed by atoms with Crippen LogP contribution in [0, 0.1) is 0 Å². The Morgan fingerprint density at radius 3 is 3.04 bits per heavy atom. The Hall–Kier alpha value is -2.30. The summed E-state index contributed by atoms with van der Waals surface area (Å²) in [6, 6.07) is 14.7. The lowest BCUT2D eigenvalue weighted by Gasteiger charge is -2.16. The van der Waals surface area contributed by atoms with Crippen molar-refractivity contribution in [3.8, 4) is 5.75 Å². The van der Waals surface area contributed by atoms with Gasteiger partial charge in [0.05, 0.1) is 13.2 Å². The van der Waals surface area contributed by atoms with Gasteiger partial charge in [0.2, 0.25) is 0 Å². The van der Waals surface area contributed by atoms with Crippen molar-refractivity contribution in [2.75, 3.05) is 13.2 Å². The fourth-order valence-corrected chi connectivity index (χ4v) is 3.38. The van der Waals surface area contributed by atoms with Gasteiger partial charge >= 0.3 is 0 Å². The van der Waals surface area contributed by atoms with Crippen molar-refractivity contribution in [2.45, 2.75) is 25.4 Å². The van der Waals surface area contributed by atoms with E-state index in [-0.39, 0.29) is 12.6 Å². The van der Waals surface area contributed by atoms with Gasteiger partial charge in [-0.2, -0.15) is 0 Å². The maximum atomic E-state index is 9.74. The number of H-pyrrole nitrogens is 1. The van der Waals surface area contributed by atoms with Crippen LogP contribution in [0.5, 0.6) is 5.75 Å². The van der Waals surface area contributed by atoms with Gasteiger partial charge in [0.1, 0.15) is 5.75 Å². The van der Waals surface area contributed by atoms with E-state index in [2.05, 4.69) is 34.6 Å². The number of hydrogen-bond acceptors (Lipinski definition) is 3. The van der Waals surface area contributed by atoms with Crippen LogP contribution in [0.1, 0.15) is 16.7 Å². The summed E-state index contributed by atoms with van der Waals surface area (Å²) in [5.41, 5.74) is 4.89. The van der Waals surface area contributed by atoms with Gasteiger partial charge in [-0.05, 0) is 35.2 Å². The van der Waals surface area contributed by atoms with Gasteiger partial charge in [-0.15, -0.1) is 0 Å². The zero-order chi connectivity index (χ0) is 16.4. The number of aromatic nitrogens is 1. The molecule has 2 heterocycles. The molecule has 4 nitrogen and oxygen atoms in total. The first-order valence-corrected chi connectivity index (χ1v) is 8.47. The van der Waals surface area contributed by atoms with Crippen molar-refractivity contribution >= 4 is 10.9 Å². The van der Waals surface area contributed by atoms with E-state index in [1.54, 1.807) is 0 Å². The zero-order valence-electron chi connectivity index (χ0n) is 13.6. The summed E-state index contributed by atoms with van der Waals surface area (Å²) in [6.45, 7) is 1.65. The molecule has 4 heteroatoms. The SMILES string of the molecule is OC[C@H](Cc1c[nH]c2ccccc12)NCc1ccc2c(c1)CCO2. The average Bonchev–Trinajstić information content (AvgIpc) is 3.25. The van der Waals surface area contributed by atoms with Gasteiger partial charge in [0.15, 0.2) is 0 Å². The minimum absolute atomic E-state index is 0.0358. The van der Waals surface area contributed by atoms with E-state index in [0.29, 0.717) is 0 Å². The molecule has 0 saturated heterocycles. The predicted octanol–water partition coefficient (Wildman–Crippen LogP) is 2.80. The fraction of sp³-hybridized carbons (Fsp3) is 0.300. The first kappa shape index (κ1) is 15.2. The molecule has 1 aliphatic rings. The van der Waals surface area contributed by atoms with Crippen molar-refractivity contribution in [1.29, 1.82) is 0 Å². The smallest absolute Gasteiger partial charge is 0.122 e. The van der Waals surface area contributed by atoms with Gasteiger partial charge in [-0.1, -0.05) is 30.3 Å². The van der Waals surface area contributed by atoms with Gasteiger partial charge < -0.3 is 20.1 Å². The summed E-state index contributed by atoms with van der Waals surface area (Å²) in [6.07, 6.45) is 3.83. The van der Waals surface area contributed by atoms with Crippen molar-refractivity contribution in [3.05, 3.63) is 65.4 Å². The highest BCUT2D eigenvalue weighted by Gasteiger charge is 2.14. The molecule has 24 heavy (non-hydrogen) atoms. The third-order valence-electron chi connectivity index (χ3n) is 4.71. The first-order valence-electron chi connectivity index (χ1n) is 8.47. The van der Waals surface area contributed by atoms with E-state index >= 15 is 0 Å². The lowest BCUT2D eigenvalue weighted by molar-refractivity contribution is 0.241. The summed E-state index contributed by atoms with van der Waals surface area (Å²) >= 11 is 0. The fourth-order valence-electron chi connectivity index (χ4n) is 3.38. The molecule has 1 atom stereocenters. The van der Waals surface area contributed by atoms with Crippen LogP contribution in [0.4, 0.5) is 0 Å². The van der Waals surface area contributed by atoms with E-state index < -0.39 is 0 Å². The zero-order valence-corrected chi connectivity index (χ0v) is 13.6. The molecule has 0 fully saturated rings. The Bertz CT molecular complexity index is 841. The maximum Gasteiger partial charge on any atom is 0.122 e. The Morgan fingerprint density at radius 1 is 1.21 bits per heavy atom. The van der Waals surface area contributed by atoms with E-state index in [9.17, 15) is 5.11 Å². The molecule has 0 aliphatic carbocycles. The number of fused-ring (bicyclic) bond motifs is 2. The Labute approximate surface area is 141 Å². The molecule has 1 aromatic heterocycles. The van der Waals surface area contributed by atoms with Crippen LogP contribution in [0.15, 0.2) is 48.7 Å². The summed E-state index contributed by atoms with van der Waals surface area (Å²) in [4.78, 5) is 3.30. The highest BCUT2D eigenvalue weighted by molar-refractivity contribution is 5.83. The number of aromatic amines is 1. The predicted molar refractivity (Wildman–Crippen MR) is 95.4 cm³/mol. The largest absolute Gasteiger partial charge is 0.493 e. The maximum absolute atomic E-state index is 9.74. The minimum Gasteiger partial charge on any atom is -0.493 e. The van der Waals surface area contributed by atoms with Gasteiger partial charge in [-0.3, -0.25) is 0 Å². The molecule has 0 saturated carbocycles. The third kappa shape index (κ3) is 3.03. The van der Waals surface area contributed by atoms with E-state index in [4.69, 9.17) is 4.74 Å². The van der Waals surface area contributed by atoms with Crippen molar-refractivity contribution in [1.82, 2.24) is 10.3 Å². The molecular formula is C20H22N2O2. The Morgan fingerprint density at radius 2 is 2.12 bits per heavy atom. The second-order valence-electron chi connectivity index (χ2n) is 6.36. The normalized spacial score (nSPS) is 14.5. The van der Waals surface area contributed by atoms with E-state index in [1.165, 1.54) is 22.1 Å². The topological polar surface area (TPSA) is 57.3 Å². The second-order valence-corrected chi connectivity index (χ2v) is 6.36. The van der Waals surface area contributed by atoms with Crippen LogP contribution < -0.4 is 10.1 Å². The standard InChI is InChI=1S/C20H22N2O2/c23-13-17(10-16-12-22-19-4-2-1-3-18(16)19)21-11-14-5-6-20-15(9-14)7-8-24-20/h1-6,9,12,17,21-23H,7-8,10-11,13H2/t17-/m0/s1. The lowest BCUT2D eigenvalue weighted by atomic mass is 10.0. The highest BCUT2D eigenvalue weighted by Crippen LogP contribution is 2.26. The molecule has 0 bridgehead atoms. The van der Waals surface area contributed by atoms with Crippen LogP contribution in [-0.4, -0.2) is 29.3 Å². The van der Waals surface area contributed by atoms with Crippen LogP contribution in [0.25, 0.3) is 10.9 Å². The summed E-state index contributed by atoms with van der Waals surface area (Å²) in [5.74, 6) is 1.01. The Kier molecular flexibility index (Phi) is 4.24. The summed E-state index contributed by atoms with van der Waals surface area (Å²) in [5, 5.41) is 14.4. The molecule has 0 amide bonds. The molecule has 0 radical (unpaired) electrons. The molecule has 0 unspecified atom stereocenters. The number of para-hydroxylation sites is 1. The van der Waals surface area contributed by atoms with E-state index in [0.717, 1.165) is 37.3 Å². The van der Waals surface area contributed by atoms with E-state index in [1.807, 2.05) is 24.4 Å². The number of aliphatic hydroxyl groups excluding tert-OH is 1. The minimum atomic E-state index is 0.0358. The summed E-state index contributed by atoms with van der Waals surface area (Å²) in [7, 11) is 0. The van der Waals surface area contributed by atoms with Gasteiger partial charge in [0, 0.05) is 36.1 Å². The van der Waals surface area contributed by atoms with Crippen molar-refractivity contribution < 1.29 is 9.84 Å². The molecular weight excluding hydrogens is 300 g/mol. The number of nitrogens with one attached hydrogen (secondary N) is 2. The molecule has 4 rings (SSSR count). The van der Waals surface area contributed by atoms with Crippen molar-refractivity contribution in [3.63, 3.8) is 0 Å². The monoisotopic (exact) mass is 322 g/mol. The van der Waals surface area contributed by atoms with Crippen LogP contribution in [0.2, 0.25) is 0 Å². The lowest BCUT2D eigenvalue weighted by Crippen LogP contribution is -2.34. The summed E-state index contributed by atoms with van der Waals surface area (Å²) < 4.78 is 5.55. The number of hydrogen-bond donors (Lipinski definition) is 3. The second kappa shape index (κ2) is 6.67. The van der Waals surface area contributed by atoms with Gasteiger partial charge in [-0.25, -0.2) is 0 Å². The molecule has 1 aliphatic heterocycles. The average molecular weight is 322 g/mol. The molecule has 3 N–H and O–H groups in total. The quantitative estimate of drug-likeness (QED) is 0.654. The van der Waals surface area contributed by atoms with Crippen LogP contribution in [-0.2, 0) is 19.4 Å². The highest BCUT2D eigenvalue weighted by atomic mass is 16.5. The number of benzene rings is 2. The first-order chi connectivity index (χ1) is 11.8. The third-order valence-corrected chi connectivity index (χ3v) is 4.71. The number of rotatable bonds is 6. The Balaban J connectivity index is 1.43. The molecule has 2 aromatic carbocycles. The van der Waals surface area contributed by atoms with Gasteiger partial charge in [0.25, 0.3) is 0 Å². The molecule has 0 spiro atoms. The number of ether oxygens (including phenoxy) is 1. The molecule has 124 valence electrons. The van der Waals surface area contributed by atoms with Crippen molar-refractivity contribution in [2.24, 2.45) is 0 Å². The van der Waals surface area contributed by atoms with Crippen LogP contribution >= 0.6 is 0 Å². The van der Waals surface area contributed by atoms with Crippen LogP contribution in [0.3, 0.4) is 0 Å².